The highest BCUT2D eigenvalue weighted by Gasteiger charge is 2.30. The van der Waals surface area contributed by atoms with Crippen LogP contribution in [0.1, 0.15) is 6.42 Å². The van der Waals surface area contributed by atoms with Crippen molar-refractivity contribution in [3.05, 3.63) is 24.3 Å². The molecule has 1 aromatic carbocycles. The first-order valence-corrected chi connectivity index (χ1v) is 6.52. The van der Waals surface area contributed by atoms with Crippen molar-refractivity contribution in [2.24, 2.45) is 0 Å². The van der Waals surface area contributed by atoms with Crippen LogP contribution in [-0.2, 0) is 14.3 Å². The molecule has 0 saturated heterocycles. The summed E-state index contributed by atoms with van der Waals surface area (Å²) in [7, 11) is 1.47. The zero-order valence-electron chi connectivity index (χ0n) is 11.6. The summed E-state index contributed by atoms with van der Waals surface area (Å²) < 4.78 is 15.8. The molecule has 1 heterocycles. The van der Waals surface area contributed by atoms with Crippen LogP contribution in [0.4, 0.5) is 0 Å². The molecule has 1 aliphatic heterocycles. The Morgan fingerprint density at radius 3 is 2.81 bits per heavy atom. The Labute approximate surface area is 121 Å². The molecule has 7 nitrogen and oxygen atoms in total. The molecule has 0 aliphatic carbocycles. The van der Waals surface area contributed by atoms with Gasteiger partial charge < -0.3 is 24.6 Å². The standard InChI is InChI=1S/C14H17NO6/c1-19-7-6-9(14(17)18)15-13(16)12-8-20-10-4-2-3-5-11(10)21-12/h2-5,9,12H,6-8H2,1H3,(H,15,16)(H,17,18). The number of nitrogens with one attached hydrogen (secondary N) is 1. The van der Waals surface area contributed by atoms with Crippen LogP contribution in [-0.4, -0.2) is 49.5 Å². The summed E-state index contributed by atoms with van der Waals surface area (Å²) in [5.74, 6) is -0.603. The van der Waals surface area contributed by atoms with Crippen molar-refractivity contribution in [1.82, 2.24) is 5.32 Å². The lowest BCUT2D eigenvalue weighted by Gasteiger charge is -2.26. The van der Waals surface area contributed by atoms with E-state index in [-0.39, 0.29) is 19.6 Å². The zero-order chi connectivity index (χ0) is 15.2. The number of fused-ring (bicyclic) bond motifs is 1. The van der Waals surface area contributed by atoms with Crippen molar-refractivity contribution in [1.29, 1.82) is 0 Å². The van der Waals surface area contributed by atoms with Gasteiger partial charge in [0.05, 0.1) is 0 Å². The number of hydrogen-bond acceptors (Lipinski definition) is 5. The Bertz CT molecular complexity index is 518. The third kappa shape index (κ3) is 3.85. The van der Waals surface area contributed by atoms with E-state index in [0.717, 1.165) is 0 Å². The minimum absolute atomic E-state index is 0.0411. The molecule has 0 radical (unpaired) electrons. The van der Waals surface area contributed by atoms with E-state index in [0.29, 0.717) is 11.5 Å². The van der Waals surface area contributed by atoms with E-state index < -0.39 is 24.0 Å². The molecular weight excluding hydrogens is 278 g/mol. The lowest BCUT2D eigenvalue weighted by Crippen LogP contribution is -2.50. The largest absolute Gasteiger partial charge is 0.485 e. The van der Waals surface area contributed by atoms with Gasteiger partial charge in [-0.2, -0.15) is 0 Å². The molecule has 0 aromatic heterocycles. The summed E-state index contributed by atoms with van der Waals surface area (Å²) in [4.78, 5) is 23.1. The number of methoxy groups -OCH3 is 1. The number of ether oxygens (including phenoxy) is 3. The fourth-order valence-electron chi connectivity index (χ4n) is 1.91. The monoisotopic (exact) mass is 295 g/mol. The van der Waals surface area contributed by atoms with Crippen LogP contribution in [0.5, 0.6) is 11.5 Å². The van der Waals surface area contributed by atoms with Gasteiger partial charge >= 0.3 is 5.97 Å². The first-order chi connectivity index (χ1) is 10.1. The maximum atomic E-state index is 12.1. The smallest absolute Gasteiger partial charge is 0.326 e. The van der Waals surface area contributed by atoms with Crippen molar-refractivity contribution in [2.45, 2.75) is 18.6 Å². The third-order valence-electron chi connectivity index (χ3n) is 3.03. The summed E-state index contributed by atoms with van der Waals surface area (Å²) in [6.07, 6.45) is -0.689. The average molecular weight is 295 g/mol. The quantitative estimate of drug-likeness (QED) is 0.790. The predicted molar refractivity (Wildman–Crippen MR) is 72.4 cm³/mol. The van der Waals surface area contributed by atoms with Crippen LogP contribution in [0.2, 0.25) is 0 Å². The second-order valence-electron chi connectivity index (χ2n) is 4.55. The fourth-order valence-corrected chi connectivity index (χ4v) is 1.91. The van der Waals surface area contributed by atoms with E-state index >= 15 is 0 Å². The molecular formula is C14H17NO6. The fraction of sp³-hybridized carbons (Fsp3) is 0.429. The summed E-state index contributed by atoms with van der Waals surface area (Å²) >= 11 is 0. The van der Waals surface area contributed by atoms with Gasteiger partial charge in [0.1, 0.15) is 12.6 Å². The number of carboxylic acid groups (broad SMARTS) is 1. The van der Waals surface area contributed by atoms with Gasteiger partial charge in [-0.3, -0.25) is 4.79 Å². The van der Waals surface area contributed by atoms with Gasteiger partial charge in [0.15, 0.2) is 11.5 Å². The third-order valence-corrected chi connectivity index (χ3v) is 3.03. The van der Waals surface area contributed by atoms with Gasteiger partial charge in [0.2, 0.25) is 6.10 Å². The lowest BCUT2D eigenvalue weighted by atomic mass is 10.2. The van der Waals surface area contributed by atoms with E-state index in [1.807, 2.05) is 0 Å². The molecule has 2 unspecified atom stereocenters. The molecule has 1 aromatic rings. The van der Waals surface area contributed by atoms with Crippen molar-refractivity contribution in [3.63, 3.8) is 0 Å². The number of aliphatic carboxylic acids is 1. The summed E-state index contributed by atoms with van der Waals surface area (Å²) in [6, 6.07) is 5.98. The molecule has 1 amide bonds. The normalized spacial score (nSPS) is 17.9. The highest BCUT2D eigenvalue weighted by atomic mass is 16.6. The Kier molecular flexibility index (Phi) is 4.99. The van der Waals surface area contributed by atoms with Crippen molar-refractivity contribution in [3.8, 4) is 11.5 Å². The molecule has 21 heavy (non-hydrogen) atoms. The summed E-state index contributed by atoms with van der Waals surface area (Å²) in [6.45, 7) is 0.279. The number of para-hydroxylation sites is 2. The van der Waals surface area contributed by atoms with Gasteiger partial charge in [0.25, 0.3) is 5.91 Å². The highest BCUT2D eigenvalue weighted by molar-refractivity contribution is 5.86. The van der Waals surface area contributed by atoms with Gasteiger partial charge in [-0.1, -0.05) is 12.1 Å². The van der Waals surface area contributed by atoms with Crippen molar-refractivity contribution >= 4 is 11.9 Å². The van der Waals surface area contributed by atoms with E-state index in [1.54, 1.807) is 24.3 Å². The second-order valence-corrected chi connectivity index (χ2v) is 4.55. The molecule has 0 saturated carbocycles. The lowest BCUT2D eigenvalue weighted by molar-refractivity contribution is -0.144. The van der Waals surface area contributed by atoms with Crippen LogP contribution in [0.3, 0.4) is 0 Å². The van der Waals surface area contributed by atoms with Crippen LogP contribution >= 0.6 is 0 Å². The average Bonchev–Trinajstić information content (AvgIpc) is 2.50. The van der Waals surface area contributed by atoms with Crippen molar-refractivity contribution in [2.75, 3.05) is 20.3 Å². The Morgan fingerprint density at radius 2 is 2.14 bits per heavy atom. The number of benzene rings is 1. The molecule has 114 valence electrons. The topological polar surface area (TPSA) is 94.1 Å². The second kappa shape index (κ2) is 6.94. The minimum atomic E-state index is -1.11. The van der Waals surface area contributed by atoms with Crippen LogP contribution in [0.15, 0.2) is 24.3 Å². The van der Waals surface area contributed by atoms with Gasteiger partial charge in [-0.15, -0.1) is 0 Å². The highest BCUT2D eigenvalue weighted by Crippen LogP contribution is 2.30. The first kappa shape index (κ1) is 15.1. The molecule has 0 bridgehead atoms. The maximum absolute atomic E-state index is 12.1. The number of carbonyl (C=O) groups excluding carboxylic acids is 1. The molecule has 7 heteroatoms. The molecule has 1 aliphatic rings. The molecule has 2 atom stereocenters. The first-order valence-electron chi connectivity index (χ1n) is 6.52. The zero-order valence-corrected chi connectivity index (χ0v) is 11.6. The Hall–Kier alpha value is -2.28. The van der Waals surface area contributed by atoms with Crippen molar-refractivity contribution < 1.29 is 28.9 Å². The molecule has 2 rings (SSSR count). The van der Waals surface area contributed by atoms with E-state index in [1.165, 1.54) is 7.11 Å². The Morgan fingerprint density at radius 1 is 1.43 bits per heavy atom. The van der Waals surface area contributed by atoms with E-state index in [4.69, 9.17) is 19.3 Å². The van der Waals surface area contributed by atoms with Crippen LogP contribution < -0.4 is 14.8 Å². The summed E-state index contributed by atoms with van der Waals surface area (Å²) in [5.41, 5.74) is 0. The van der Waals surface area contributed by atoms with Gasteiger partial charge in [0, 0.05) is 20.1 Å². The number of rotatable bonds is 6. The molecule has 0 fully saturated rings. The number of carboxylic acids is 1. The van der Waals surface area contributed by atoms with Crippen LogP contribution in [0, 0.1) is 0 Å². The van der Waals surface area contributed by atoms with Gasteiger partial charge in [-0.25, -0.2) is 4.79 Å². The van der Waals surface area contributed by atoms with E-state index in [2.05, 4.69) is 5.32 Å². The number of carbonyl (C=O) groups is 2. The van der Waals surface area contributed by atoms with Gasteiger partial charge in [-0.05, 0) is 12.1 Å². The number of hydrogen-bond donors (Lipinski definition) is 2. The molecule has 2 N–H and O–H groups in total. The molecule has 0 spiro atoms. The predicted octanol–water partition coefficient (Wildman–Crippen LogP) is 0.432. The van der Waals surface area contributed by atoms with E-state index in [9.17, 15) is 9.59 Å². The Balaban J connectivity index is 1.96. The minimum Gasteiger partial charge on any atom is -0.485 e. The number of amides is 1. The SMILES string of the molecule is COCCC(NC(=O)C1COc2ccccc2O1)C(=O)O. The van der Waals surface area contributed by atoms with Crippen LogP contribution in [0.25, 0.3) is 0 Å². The maximum Gasteiger partial charge on any atom is 0.326 e. The summed E-state index contributed by atoms with van der Waals surface area (Å²) in [5, 5.41) is 11.5.